The Morgan fingerprint density at radius 3 is 2.59 bits per heavy atom. The van der Waals surface area contributed by atoms with Gasteiger partial charge in [0.05, 0.1) is 18.2 Å². The maximum absolute atomic E-state index is 8.61. The van der Waals surface area contributed by atoms with Crippen molar-refractivity contribution in [2.75, 3.05) is 0 Å². The highest BCUT2D eigenvalue weighted by Crippen LogP contribution is 2.25. The first-order chi connectivity index (χ1) is 8.20. The van der Waals surface area contributed by atoms with Crippen LogP contribution in [0.1, 0.15) is 31.0 Å². The van der Waals surface area contributed by atoms with Crippen molar-refractivity contribution in [1.82, 2.24) is 4.98 Å². The zero-order valence-electron chi connectivity index (χ0n) is 9.97. The van der Waals surface area contributed by atoms with Gasteiger partial charge in [0, 0.05) is 10.9 Å². The van der Waals surface area contributed by atoms with E-state index in [-0.39, 0.29) is 0 Å². The van der Waals surface area contributed by atoms with Gasteiger partial charge in [0.15, 0.2) is 0 Å². The molecule has 0 aliphatic carbocycles. The first-order valence-corrected chi connectivity index (χ1v) is 6.50. The average molecular weight is 242 g/mol. The molecule has 0 unspecified atom stereocenters. The molecule has 0 amide bonds. The second-order valence-corrected chi connectivity index (χ2v) is 5.11. The van der Waals surface area contributed by atoms with Gasteiger partial charge in [0.1, 0.15) is 5.01 Å². The van der Waals surface area contributed by atoms with Crippen molar-refractivity contribution >= 4 is 11.3 Å². The van der Waals surface area contributed by atoms with Crippen LogP contribution in [0, 0.1) is 11.3 Å². The lowest BCUT2D eigenvalue weighted by atomic mass is 10.0. The number of nitrogens with zero attached hydrogens (tertiary/aromatic N) is 2. The standard InChI is InChI=1S/C14H14N2S/c1-10(2)11-3-5-12(6-4-11)14-16-13(7-8-15)9-17-14/h3-6,9-10H,7H2,1-2H3. The lowest BCUT2D eigenvalue weighted by Gasteiger charge is -2.05. The van der Waals surface area contributed by atoms with Gasteiger partial charge in [-0.3, -0.25) is 0 Å². The van der Waals surface area contributed by atoms with Crippen LogP contribution >= 0.6 is 11.3 Å². The second kappa shape index (κ2) is 5.11. The summed E-state index contributed by atoms with van der Waals surface area (Å²) in [6, 6.07) is 10.6. The Morgan fingerprint density at radius 1 is 1.29 bits per heavy atom. The zero-order valence-corrected chi connectivity index (χ0v) is 10.8. The molecule has 1 aromatic carbocycles. The number of aromatic nitrogens is 1. The third-order valence-corrected chi connectivity index (χ3v) is 3.58. The molecule has 0 aliphatic heterocycles. The summed E-state index contributed by atoms with van der Waals surface area (Å²) in [5.74, 6) is 0.550. The van der Waals surface area contributed by atoms with E-state index in [0.29, 0.717) is 12.3 Å². The van der Waals surface area contributed by atoms with Crippen LogP contribution in [0.3, 0.4) is 0 Å². The fraction of sp³-hybridized carbons (Fsp3) is 0.286. The van der Waals surface area contributed by atoms with Gasteiger partial charge in [-0.15, -0.1) is 11.3 Å². The van der Waals surface area contributed by atoms with Crippen LogP contribution in [-0.2, 0) is 6.42 Å². The minimum Gasteiger partial charge on any atom is -0.240 e. The first kappa shape index (κ1) is 11.8. The summed E-state index contributed by atoms with van der Waals surface area (Å²) in [7, 11) is 0. The fourth-order valence-electron chi connectivity index (χ4n) is 1.61. The van der Waals surface area contributed by atoms with Gasteiger partial charge in [-0.05, 0) is 11.5 Å². The number of thiazole rings is 1. The van der Waals surface area contributed by atoms with E-state index >= 15 is 0 Å². The highest BCUT2D eigenvalue weighted by Gasteiger charge is 2.05. The monoisotopic (exact) mass is 242 g/mol. The van der Waals surface area contributed by atoms with Crippen molar-refractivity contribution in [2.24, 2.45) is 0 Å². The molecule has 2 rings (SSSR count). The van der Waals surface area contributed by atoms with Crippen molar-refractivity contribution in [3.8, 4) is 16.6 Å². The van der Waals surface area contributed by atoms with Crippen molar-refractivity contribution in [2.45, 2.75) is 26.2 Å². The molecule has 0 saturated heterocycles. The van der Waals surface area contributed by atoms with Crippen LogP contribution in [-0.4, -0.2) is 4.98 Å². The molecule has 1 heterocycles. The Morgan fingerprint density at radius 2 is 2.00 bits per heavy atom. The van der Waals surface area contributed by atoms with E-state index in [1.54, 1.807) is 11.3 Å². The molecule has 0 saturated carbocycles. The average Bonchev–Trinajstić information content (AvgIpc) is 2.78. The van der Waals surface area contributed by atoms with Gasteiger partial charge in [-0.25, -0.2) is 4.98 Å². The van der Waals surface area contributed by atoms with Crippen molar-refractivity contribution < 1.29 is 0 Å². The van der Waals surface area contributed by atoms with E-state index in [2.05, 4.69) is 49.2 Å². The smallest absolute Gasteiger partial charge is 0.123 e. The quantitative estimate of drug-likeness (QED) is 0.815. The van der Waals surface area contributed by atoms with Crippen LogP contribution < -0.4 is 0 Å². The zero-order chi connectivity index (χ0) is 12.3. The van der Waals surface area contributed by atoms with Gasteiger partial charge < -0.3 is 0 Å². The molecule has 0 radical (unpaired) electrons. The number of rotatable bonds is 3. The van der Waals surface area contributed by atoms with Gasteiger partial charge >= 0.3 is 0 Å². The summed E-state index contributed by atoms with van der Waals surface area (Å²) in [5, 5.41) is 11.6. The maximum Gasteiger partial charge on any atom is 0.123 e. The number of benzene rings is 1. The molecular weight excluding hydrogens is 228 g/mol. The summed E-state index contributed by atoms with van der Waals surface area (Å²) in [5.41, 5.74) is 3.33. The van der Waals surface area contributed by atoms with Crippen molar-refractivity contribution in [3.63, 3.8) is 0 Å². The van der Waals surface area contributed by atoms with Crippen LogP contribution in [0.5, 0.6) is 0 Å². The molecule has 2 aromatic rings. The summed E-state index contributed by atoms with van der Waals surface area (Å²) < 4.78 is 0. The van der Waals surface area contributed by atoms with Gasteiger partial charge in [-0.1, -0.05) is 38.1 Å². The summed E-state index contributed by atoms with van der Waals surface area (Å²) in [6.45, 7) is 4.37. The lowest BCUT2D eigenvalue weighted by molar-refractivity contribution is 0.867. The van der Waals surface area contributed by atoms with E-state index in [1.165, 1.54) is 5.56 Å². The Balaban J connectivity index is 2.24. The molecule has 0 spiro atoms. The van der Waals surface area contributed by atoms with Crippen molar-refractivity contribution in [1.29, 1.82) is 5.26 Å². The predicted molar refractivity (Wildman–Crippen MR) is 71.0 cm³/mol. The number of hydrogen-bond acceptors (Lipinski definition) is 3. The van der Waals surface area contributed by atoms with Crippen LogP contribution in [0.2, 0.25) is 0 Å². The Bertz CT molecular complexity index is 532. The SMILES string of the molecule is CC(C)c1ccc(-c2nc(CC#N)cs2)cc1. The molecule has 0 aliphatic rings. The van der Waals surface area contributed by atoms with Crippen LogP contribution in [0.15, 0.2) is 29.6 Å². The molecule has 1 aromatic heterocycles. The highest BCUT2D eigenvalue weighted by molar-refractivity contribution is 7.13. The fourth-order valence-corrected chi connectivity index (χ4v) is 2.44. The number of hydrogen-bond donors (Lipinski definition) is 0. The van der Waals surface area contributed by atoms with Gasteiger partial charge in [0.2, 0.25) is 0 Å². The van der Waals surface area contributed by atoms with E-state index in [1.807, 2.05) is 5.38 Å². The van der Waals surface area contributed by atoms with E-state index in [9.17, 15) is 0 Å². The molecule has 2 nitrogen and oxygen atoms in total. The topological polar surface area (TPSA) is 36.7 Å². The summed E-state index contributed by atoms with van der Waals surface area (Å²) in [6.07, 6.45) is 0.389. The van der Waals surface area contributed by atoms with Gasteiger partial charge in [0.25, 0.3) is 0 Å². The van der Waals surface area contributed by atoms with E-state index in [4.69, 9.17) is 5.26 Å². The van der Waals surface area contributed by atoms with Gasteiger partial charge in [-0.2, -0.15) is 5.26 Å². The van der Waals surface area contributed by atoms with Crippen molar-refractivity contribution in [3.05, 3.63) is 40.9 Å². The maximum atomic E-state index is 8.61. The predicted octanol–water partition coefficient (Wildman–Crippen LogP) is 4.00. The minimum atomic E-state index is 0.389. The van der Waals surface area contributed by atoms with E-state index in [0.717, 1.165) is 16.3 Å². The lowest BCUT2D eigenvalue weighted by Crippen LogP contribution is -1.87. The summed E-state index contributed by atoms with van der Waals surface area (Å²) >= 11 is 1.59. The third-order valence-electron chi connectivity index (χ3n) is 2.64. The molecule has 17 heavy (non-hydrogen) atoms. The third kappa shape index (κ3) is 2.72. The molecule has 0 atom stereocenters. The molecule has 0 fully saturated rings. The van der Waals surface area contributed by atoms with E-state index < -0.39 is 0 Å². The highest BCUT2D eigenvalue weighted by atomic mass is 32.1. The molecule has 86 valence electrons. The molecular formula is C14H14N2S. The van der Waals surface area contributed by atoms with Crippen LogP contribution in [0.25, 0.3) is 10.6 Å². The molecule has 3 heteroatoms. The minimum absolute atomic E-state index is 0.389. The largest absolute Gasteiger partial charge is 0.240 e. The number of nitriles is 1. The second-order valence-electron chi connectivity index (χ2n) is 4.26. The molecule has 0 N–H and O–H groups in total. The first-order valence-electron chi connectivity index (χ1n) is 5.62. The Labute approximate surface area is 106 Å². The Kier molecular flexibility index (Phi) is 3.55. The van der Waals surface area contributed by atoms with Crippen LogP contribution in [0.4, 0.5) is 0 Å². The molecule has 0 bridgehead atoms. The normalized spacial score (nSPS) is 10.5. The summed E-state index contributed by atoms with van der Waals surface area (Å²) in [4.78, 5) is 4.44. The Hall–Kier alpha value is -1.66.